The fourth-order valence-electron chi connectivity index (χ4n) is 2.28. The Morgan fingerprint density at radius 1 is 1.05 bits per heavy atom. The van der Waals surface area contributed by atoms with Gasteiger partial charge in [0.15, 0.2) is 0 Å². The van der Waals surface area contributed by atoms with Crippen LogP contribution in [-0.2, 0) is 9.31 Å². The third-order valence-electron chi connectivity index (χ3n) is 4.34. The second-order valence-corrected chi connectivity index (χ2v) is 6.42. The molecular weight excluding hydrogens is 265 g/mol. The minimum atomic E-state index is -0.337. The number of nitrogens with zero attached hydrogens (tertiary/aromatic N) is 1. The van der Waals surface area contributed by atoms with Gasteiger partial charge < -0.3 is 15.0 Å². The van der Waals surface area contributed by atoms with Crippen LogP contribution in [0.3, 0.4) is 0 Å². The van der Waals surface area contributed by atoms with Crippen LogP contribution in [0.2, 0.25) is 0 Å². The topological polar surface area (TPSA) is 73.2 Å². The summed E-state index contributed by atoms with van der Waals surface area (Å²) in [5, 5.41) is 6.83. The Labute approximate surface area is 125 Å². The third kappa shape index (κ3) is 2.45. The first-order valence-corrected chi connectivity index (χ1v) is 7.05. The molecule has 110 valence electrons. The van der Waals surface area contributed by atoms with Gasteiger partial charge in [0.25, 0.3) is 0 Å². The molecule has 0 amide bonds. The van der Waals surface area contributed by atoms with Crippen molar-refractivity contribution in [2.45, 2.75) is 38.9 Å². The van der Waals surface area contributed by atoms with Crippen LogP contribution in [0.15, 0.2) is 30.3 Å². The summed E-state index contributed by atoms with van der Waals surface area (Å²) in [6.07, 6.45) is 0. The van der Waals surface area contributed by atoms with Gasteiger partial charge in [0.1, 0.15) is 5.82 Å². The second kappa shape index (κ2) is 4.61. The molecule has 1 saturated heterocycles. The van der Waals surface area contributed by atoms with E-state index in [1.165, 1.54) is 0 Å². The quantitative estimate of drug-likeness (QED) is 0.827. The highest BCUT2D eigenvalue weighted by Crippen LogP contribution is 2.36. The van der Waals surface area contributed by atoms with E-state index in [9.17, 15) is 0 Å². The number of hydrogen-bond acceptors (Lipinski definition) is 4. The van der Waals surface area contributed by atoms with Crippen molar-refractivity contribution < 1.29 is 9.31 Å². The van der Waals surface area contributed by atoms with E-state index >= 15 is 0 Å². The fourth-order valence-corrected chi connectivity index (χ4v) is 2.28. The van der Waals surface area contributed by atoms with Crippen LogP contribution in [0, 0.1) is 0 Å². The molecule has 1 aliphatic rings. The molecule has 3 rings (SSSR count). The van der Waals surface area contributed by atoms with Gasteiger partial charge in [-0.3, -0.25) is 5.10 Å². The van der Waals surface area contributed by atoms with E-state index in [4.69, 9.17) is 15.0 Å². The molecule has 0 aliphatic carbocycles. The Morgan fingerprint density at radius 3 is 2.10 bits per heavy atom. The molecule has 5 nitrogen and oxygen atoms in total. The van der Waals surface area contributed by atoms with Gasteiger partial charge in [-0.25, -0.2) is 0 Å². The van der Waals surface area contributed by atoms with Crippen molar-refractivity contribution in [1.29, 1.82) is 0 Å². The summed E-state index contributed by atoms with van der Waals surface area (Å²) in [5.74, 6) is 0.486. The molecule has 21 heavy (non-hydrogen) atoms. The van der Waals surface area contributed by atoms with E-state index in [0.717, 1.165) is 16.7 Å². The lowest BCUT2D eigenvalue weighted by molar-refractivity contribution is 0.00578. The highest BCUT2D eigenvalue weighted by atomic mass is 16.7. The summed E-state index contributed by atoms with van der Waals surface area (Å²) in [7, 11) is -0.337. The predicted octanol–water partition coefficient (Wildman–Crippen LogP) is 1.96. The SMILES string of the molecule is CC1(C)OB(c2ccc(-c3cc(N)n[nH]3)cc2)OC1(C)C. The van der Waals surface area contributed by atoms with Gasteiger partial charge in [-0.05, 0) is 38.7 Å². The molecule has 0 bridgehead atoms. The molecule has 0 radical (unpaired) electrons. The van der Waals surface area contributed by atoms with Gasteiger partial charge in [-0.15, -0.1) is 0 Å². The number of rotatable bonds is 2. The van der Waals surface area contributed by atoms with Crippen molar-refractivity contribution in [2.24, 2.45) is 0 Å². The average molecular weight is 285 g/mol. The molecule has 0 unspecified atom stereocenters. The van der Waals surface area contributed by atoms with Crippen LogP contribution < -0.4 is 11.2 Å². The molecule has 1 aliphatic heterocycles. The summed E-state index contributed by atoms with van der Waals surface area (Å²) >= 11 is 0. The Balaban J connectivity index is 1.83. The van der Waals surface area contributed by atoms with Gasteiger partial charge in [0.05, 0.1) is 16.9 Å². The Bertz CT molecular complexity index is 633. The lowest BCUT2D eigenvalue weighted by Crippen LogP contribution is -2.41. The first-order chi connectivity index (χ1) is 9.78. The van der Waals surface area contributed by atoms with Gasteiger partial charge in [-0.2, -0.15) is 5.10 Å². The van der Waals surface area contributed by atoms with Gasteiger partial charge in [-0.1, -0.05) is 24.3 Å². The maximum Gasteiger partial charge on any atom is 0.494 e. The highest BCUT2D eigenvalue weighted by Gasteiger charge is 2.51. The Morgan fingerprint density at radius 2 is 1.62 bits per heavy atom. The third-order valence-corrected chi connectivity index (χ3v) is 4.34. The minimum absolute atomic E-state index is 0.325. The number of nitrogen functional groups attached to an aromatic ring is 1. The predicted molar refractivity (Wildman–Crippen MR) is 84.2 cm³/mol. The number of nitrogens with one attached hydrogen (secondary N) is 1. The van der Waals surface area contributed by atoms with Crippen molar-refractivity contribution >= 4 is 18.4 Å². The van der Waals surface area contributed by atoms with Crippen molar-refractivity contribution in [3.8, 4) is 11.3 Å². The largest absolute Gasteiger partial charge is 0.494 e. The van der Waals surface area contributed by atoms with Crippen LogP contribution in [0.25, 0.3) is 11.3 Å². The number of aromatic nitrogens is 2. The van der Waals surface area contributed by atoms with E-state index < -0.39 is 0 Å². The molecule has 1 aromatic carbocycles. The molecule has 6 heteroatoms. The molecule has 3 N–H and O–H groups in total. The number of H-pyrrole nitrogens is 1. The van der Waals surface area contributed by atoms with Gasteiger partial charge in [0, 0.05) is 6.07 Å². The van der Waals surface area contributed by atoms with Crippen LogP contribution in [0.5, 0.6) is 0 Å². The molecule has 1 aromatic heterocycles. The normalized spacial score (nSPS) is 19.9. The lowest BCUT2D eigenvalue weighted by Gasteiger charge is -2.32. The van der Waals surface area contributed by atoms with Crippen LogP contribution in [0.1, 0.15) is 27.7 Å². The van der Waals surface area contributed by atoms with E-state index in [2.05, 4.69) is 37.9 Å². The average Bonchev–Trinajstić information content (AvgIpc) is 2.92. The zero-order valence-corrected chi connectivity index (χ0v) is 12.8. The van der Waals surface area contributed by atoms with Crippen molar-refractivity contribution in [2.75, 3.05) is 5.73 Å². The summed E-state index contributed by atoms with van der Waals surface area (Å²) < 4.78 is 12.1. The summed E-state index contributed by atoms with van der Waals surface area (Å²) in [5.41, 5.74) is 7.90. The number of benzene rings is 1. The number of aromatic amines is 1. The Kier molecular flexibility index (Phi) is 3.11. The second-order valence-electron chi connectivity index (χ2n) is 6.42. The number of anilines is 1. The molecule has 2 heterocycles. The van der Waals surface area contributed by atoms with E-state index in [-0.39, 0.29) is 18.3 Å². The maximum absolute atomic E-state index is 6.04. The lowest BCUT2D eigenvalue weighted by atomic mass is 9.79. The van der Waals surface area contributed by atoms with Gasteiger partial charge in [0.2, 0.25) is 0 Å². The fraction of sp³-hybridized carbons (Fsp3) is 0.400. The molecule has 0 atom stereocenters. The number of nitrogens with two attached hydrogens (primary N) is 1. The smallest absolute Gasteiger partial charge is 0.399 e. The summed E-state index contributed by atoms with van der Waals surface area (Å²) in [4.78, 5) is 0. The first-order valence-electron chi connectivity index (χ1n) is 7.05. The zero-order chi connectivity index (χ0) is 15.3. The number of hydrogen-bond donors (Lipinski definition) is 2. The highest BCUT2D eigenvalue weighted by molar-refractivity contribution is 6.62. The first kappa shape index (κ1) is 14.2. The zero-order valence-electron chi connectivity index (χ0n) is 12.8. The molecule has 0 spiro atoms. The minimum Gasteiger partial charge on any atom is -0.399 e. The molecule has 2 aromatic rings. The van der Waals surface area contributed by atoms with Crippen molar-refractivity contribution in [3.05, 3.63) is 30.3 Å². The van der Waals surface area contributed by atoms with E-state index in [1.807, 2.05) is 30.3 Å². The van der Waals surface area contributed by atoms with E-state index in [1.54, 1.807) is 0 Å². The molecule has 0 saturated carbocycles. The van der Waals surface area contributed by atoms with Crippen LogP contribution in [0.4, 0.5) is 5.82 Å². The van der Waals surface area contributed by atoms with Crippen LogP contribution >= 0.6 is 0 Å². The summed E-state index contributed by atoms with van der Waals surface area (Å²) in [6, 6.07) is 9.84. The Hall–Kier alpha value is -1.79. The van der Waals surface area contributed by atoms with Crippen LogP contribution in [-0.4, -0.2) is 28.5 Å². The monoisotopic (exact) mass is 285 g/mol. The molecule has 1 fully saturated rings. The standard InChI is InChI=1S/C15H20BN3O2/c1-14(2)15(3,4)21-16(20-14)11-7-5-10(6-8-11)12-9-13(17)19-18-12/h5-9H,1-4H3,(H3,17,18,19). The van der Waals surface area contributed by atoms with Crippen molar-refractivity contribution in [1.82, 2.24) is 10.2 Å². The maximum atomic E-state index is 6.04. The molecular formula is C15H20BN3O2. The van der Waals surface area contributed by atoms with Gasteiger partial charge >= 0.3 is 7.12 Å². The van der Waals surface area contributed by atoms with E-state index in [0.29, 0.717) is 5.82 Å². The van der Waals surface area contributed by atoms with Crippen molar-refractivity contribution in [3.63, 3.8) is 0 Å². The summed E-state index contributed by atoms with van der Waals surface area (Å²) in [6.45, 7) is 8.20.